The topological polar surface area (TPSA) is 45.7 Å². The van der Waals surface area contributed by atoms with Crippen LogP contribution in [0.5, 0.6) is 5.75 Å². The summed E-state index contributed by atoms with van der Waals surface area (Å²) in [5.41, 5.74) is 3.48. The zero-order chi connectivity index (χ0) is 20.7. The molecule has 2 aliphatic rings. The quantitative estimate of drug-likeness (QED) is 0.654. The molecule has 0 spiro atoms. The second-order valence-electron chi connectivity index (χ2n) is 8.29. The van der Waals surface area contributed by atoms with Gasteiger partial charge in [0.1, 0.15) is 5.75 Å². The van der Waals surface area contributed by atoms with Gasteiger partial charge in [-0.15, -0.1) is 0 Å². The van der Waals surface area contributed by atoms with Gasteiger partial charge in [0.05, 0.1) is 18.7 Å². The SMILES string of the molecule is CCC(=O)N1C[C@@H]2CN(c3ccnc4ccccc34)C[C@@H]2[C@@H]1c1ccc(OC)cc1. The maximum atomic E-state index is 12.8. The van der Waals surface area contributed by atoms with E-state index in [1.54, 1.807) is 7.11 Å². The normalized spacial score (nSPS) is 23.1. The molecule has 3 heterocycles. The molecule has 0 bridgehead atoms. The molecule has 0 radical (unpaired) electrons. The third kappa shape index (κ3) is 3.09. The van der Waals surface area contributed by atoms with Gasteiger partial charge >= 0.3 is 0 Å². The number of aromatic nitrogens is 1. The predicted octanol–water partition coefficient (Wildman–Crippen LogP) is 4.29. The van der Waals surface area contributed by atoms with Gasteiger partial charge in [0.25, 0.3) is 0 Å². The number of para-hydroxylation sites is 1. The van der Waals surface area contributed by atoms with Crippen molar-refractivity contribution in [3.63, 3.8) is 0 Å². The van der Waals surface area contributed by atoms with Crippen molar-refractivity contribution in [3.05, 3.63) is 66.4 Å². The summed E-state index contributed by atoms with van der Waals surface area (Å²) in [6.07, 6.45) is 2.45. The van der Waals surface area contributed by atoms with E-state index >= 15 is 0 Å². The van der Waals surface area contributed by atoms with E-state index in [-0.39, 0.29) is 11.9 Å². The van der Waals surface area contributed by atoms with Crippen LogP contribution in [0.4, 0.5) is 5.69 Å². The number of hydrogen-bond donors (Lipinski definition) is 0. The number of carbonyl (C=O) groups is 1. The second kappa shape index (κ2) is 7.63. The van der Waals surface area contributed by atoms with Crippen molar-refractivity contribution in [2.75, 3.05) is 31.6 Å². The van der Waals surface area contributed by atoms with Crippen LogP contribution in [0.3, 0.4) is 0 Å². The van der Waals surface area contributed by atoms with Gasteiger partial charge in [0.2, 0.25) is 5.91 Å². The van der Waals surface area contributed by atoms with Crippen molar-refractivity contribution in [2.45, 2.75) is 19.4 Å². The number of carbonyl (C=O) groups excluding carboxylic acids is 1. The Morgan fingerprint density at radius 1 is 1.07 bits per heavy atom. The molecule has 3 atom stereocenters. The van der Waals surface area contributed by atoms with Crippen LogP contribution in [0.1, 0.15) is 24.9 Å². The highest BCUT2D eigenvalue weighted by Crippen LogP contribution is 2.47. The highest BCUT2D eigenvalue weighted by Gasteiger charge is 2.49. The van der Waals surface area contributed by atoms with Crippen molar-refractivity contribution in [1.82, 2.24) is 9.88 Å². The van der Waals surface area contributed by atoms with Gasteiger partial charge < -0.3 is 14.5 Å². The molecule has 2 aromatic carbocycles. The van der Waals surface area contributed by atoms with E-state index in [1.165, 1.54) is 16.6 Å². The minimum absolute atomic E-state index is 0.117. The van der Waals surface area contributed by atoms with Crippen molar-refractivity contribution >= 4 is 22.5 Å². The molecule has 3 aromatic rings. The number of methoxy groups -OCH3 is 1. The third-order valence-corrected chi connectivity index (χ3v) is 6.71. The molecule has 5 rings (SSSR count). The van der Waals surface area contributed by atoms with Crippen LogP contribution < -0.4 is 9.64 Å². The van der Waals surface area contributed by atoms with E-state index < -0.39 is 0 Å². The van der Waals surface area contributed by atoms with E-state index in [1.807, 2.05) is 31.3 Å². The summed E-state index contributed by atoms with van der Waals surface area (Å²) in [5.74, 6) is 1.98. The number of likely N-dealkylation sites (tertiary alicyclic amines) is 1. The molecular weight excluding hydrogens is 374 g/mol. The predicted molar refractivity (Wildman–Crippen MR) is 119 cm³/mol. The Labute approximate surface area is 177 Å². The van der Waals surface area contributed by atoms with Crippen molar-refractivity contribution < 1.29 is 9.53 Å². The van der Waals surface area contributed by atoms with Gasteiger partial charge in [-0.3, -0.25) is 9.78 Å². The monoisotopic (exact) mass is 401 g/mol. The lowest BCUT2D eigenvalue weighted by atomic mass is 9.89. The molecule has 0 aliphatic carbocycles. The molecule has 5 heteroatoms. The fourth-order valence-corrected chi connectivity index (χ4v) is 5.29. The number of fused-ring (bicyclic) bond motifs is 2. The first-order chi connectivity index (χ1) is 14.7. The Bertz CT molecular complexity index is 1060. The molecule has 2 fully saturated rings. The van der Waals surface area contributed by atoms with Gasteiger partial charge in [-0.25, -0.2) is 0 Å². The Kier molecular flexibility index (Phi) is 4.81. The van der Waals surface area contributed by atoms with E-state index in [0.717, 1.165) is 30.9 Å². The summed E-state index contributed by atoms with van der Waals surface area (Å²) in [4.78, 5) is 21.9. The summed E-state index contributed by atoms with van der Waals surface area (Å²) in [5, 5.41) is 1.20. The first kappa shape index (κ1) is 18.9. The highest BCUT2D eigenvalue weighted by molar-refractivity contribution is 5.91. The molecule has 2 aliphatic heterocycles. The molecular formula is C25H27N3O2. The lowest BCUT2D eigenvalue weighted by Crippen LogP contribution is -2.35. The number of rotatable bonds is 4. The number of benzene rings is 2. The summed E-state index contributed by atoms with van der Waals surface area (Å²) in [6, 6.07) is 18.8. The van der Waals surface area contributed by atoms with Crippen molar-refractivity contribution in [1.29, 1.82) is 0 Å². The molecule has 0 saturated carbocycles. The third-order valence-electron chi connectivity index (χ3n) is 6.71. The number of nitrogens with zero attached hydrogens (tertiary/aromatic N) is 3. The highest BCUT2D eigenvalue weighted by atomic mass is 16.5. The Balaban J connectivity index is 1.48. The molecule has 30 heavy (non-hydrogen) atoms. The number of hydrogen-bond acceptors (Lipinski definition) is 4. The van der Waals surface area contributed by atoms with Crippen molar-refractivity contribution in [2.24, 2.45) is 11.8 Å². The zero-order valence-electron chi connectivity index (χ0n) is 17.5. The van der Waals surface area contributed by atoms with Gasteiger partial charge in [-0.05, 0) is 29.8 Å². The van der Waals surface area contributed by atoms with Crippen LogP contribution in [-0.2, 0) is 4.79 Å². The first-order valence-electron chi connectivity index (χ1n) is 10.7. The maximum Gasteiger partial charge on any atom is 0.222 e. The fraction of sp³-hybridized carbons (Fsp3) is 0.360. The largest absolute Gasteiger partial charge is 0.497 e. The summed E-state index contributed by atoms with van der Waals surface area (Å²) in [7, 11) is 1.68. The molecule has 0 unspecified atom stereocenters. The average molecular weight is 402 g/mol. The minimum atomic E-state index is 0.117. The van der Waals surface area contributed by atoms with Gasteiger partial charge in [0, 0.05) is 55.2 Å². The van der Waals surface area contributed by atoms with Crippen LogP contribution in [-0.4, -0.2) is 42.5 Å². The molecule has 5 nitrogen and oxygen atoms in total. The van der Waals surface area contributed by atoms with E-state index in [4.69, 9.17) is 4.74 Å². The van der Waals surface area contributed by atoms with Gasteiger partial charge in [-0.2, -0.15) is 0 Å². The van der Waals surface area contributed by atoms with E-state index in [0.29, 0.717) is 18.3 Å². The fourth-order valence-electron chi connectivity index (χ4n) is 5.29. The van der Waals surface area contributed by atoms with Crippen LogP contribution in [0.2, 0.25) is 0 Å². The maximum absolute atomic E-state index is 12.8. The van der Waals surface area contributed by atoms with Crippen LogP contribution in [0, 0.1) is 11.8 Å². The van der Waals surface area contributed by atoms with Crippen molar-refractivity contribution in [3.8, 4) is 5.75 Å². The van der Waals surface area contributed by atoms with Crippen LogP contribution >= 0.6 is 0 Å². The zero-order valence-corrected chi connectivity index (χ0v) is 17.5. The standard InChI is InChI=1S/C25H27N3O2/c1-3-24(29)28-15-18-14-27(23-12-13-26-22-7-5-4-6-20(22)23)16-21(18)25(28)17-8-10-19(30-2)11-9-17/h4-13,18,21,25H,3,14-16H2,1-2H3/t18-,21-,25-/m0/s1. The number of ether oxygens (including phenoxy) is 1. The van der Waals surface area contributed by atoms with Gasteiger partial charge in [0.15, 0.2) is 0 Å². The van der Waals surface area contributed by atoms with E-state index in [2.05, 4.69) is 51.2 Å². The molecule has 154 valence electrons. The first-order valence-corrected chi connectivity index (χ1v) is 10.7. The smallest absolute Gasteiger partial charge is 0.222 e. The summed E-state index contributed by atoms with van der Waals surface area (Å²) < 4.78 is 5.34. The number of amides is 1. The number of pyridine rings is 1. The second-order valence-corrected chi connectivity index (χ2v) is 8.29. The average Bonchev–Trinajstić information content (AvgIpc) is 3.36. The lowest BCUT2D eigenvalue weighted by molar-refractivity contribution is -0.132. The molecule has 1 aromatic heterocycles. The number of anilines is 1. The van der Waals surface area contributed by atoms with Crippen LogP contribution in [0.15, 0.2) is 60.8 Å². The lowest BCUT2D eigenvalue weighted by Gasteiger charge is -2.30. The van der Waals surface area contributed by atoms with E-state index in [9.17, 15) is 4.79 Å². The Hall–Kier alpha value is -3.08. The molecule has 2 saturated heterocycles. The molecule has 0 N–H and O–H groups in total. The van der Waals surface area contributed by atoms with Crippen LogP contribution in [0.25, 0.3) is 10.9 Å². The Morgan fingerprint density at radius 3 is 2.63 bits per heavy atom. The summed E-state index contributed by atoms with van der Waals surface area (Å²) >= 11 is 0. The molecule has 1 amide bonds. The van der Waals surface area contributed by atoms with Gasteiger partial charge in [-0.1, -0.05) is 37.3 Å². The Morgan fingerprint density at radius 2 is 1.87 bits per heavy atom. The summed E-state index contributed by atoms with van der Waals surface area (Å²) in [6.45, 7) is 4.70. The minimum Gasteiger partial charge on any atom is -0.497 e.